The zero-order valence-corrected chi connectivity index (χ0v) is 17.3. The average molecular weight is 429 g/mol. The average Bonchev–Trinajstić information content (AvgIpc) is 3.16. The molecule has 1 aliphatic carbocycles. The molecule has 1 aliphatic rings. The molecule has 0 spiro atoms. The number of ether oxygens (including phenoxy) is 2. The van der Waals surface area contributed by atoms with E-state index in [4.69, 9.17) is 25.6 Å². The van der Waals surface area contributed by atoms with Gasteiger partial charge in [-0.3, -0.25) is 0 Å². The number of aromatic nitrogens is 2. The molecule has 0 saturated heterocycles. The molecule has 2 aromatic carbocycles. The summed E-state index contributed by atoms with van der Waals surface area (Å²) in [7, 11) is 3.00. The number of nitrogens with zero attached hydrogens (tertiary/aromatic N) is 2. The number of carbonyl (C=O) groups excluding carboxylic acids is 1. The van der Waals surface area contributed by atoms with Crippen molar-refractivity contribution in [3.05, 3.63) is 47.3 Å². The number of amides is 2. The van der Waals surface area contributed by atoms with Crippen LogP contribution in [-0.2, 0) is 0 Å². The first-order valence-corrected chi connectivity index (χ1v) is 9.88. The van der Waals surface area contributed by atoms with Gasteiger partial charge in [0.2, 0.25) is 11.7 Å². The summed E-state index contributed by atoms with van der Waals surface area (Å²) in [6, 6.07) is 9.96. The number of nitrogens with one attached hydrogen (secondary N) is 2. The summed E-state index contributed by atoms with van der Waals surface area (Å²) in [5, 5.41) is 9.94. The number of halogens is 1. The zero-order valence-electron chi connectivity index (χ0n) is 16.6. The van der Waals surface area contributed by atoms with E-state index in [9.17, 15) is 4.79 Å². The van der Waals surface area contributed by atoms with Crippen LogP contribution in [0.25, 0.3) is 11.4 Å². The summed E-state index contributed by atoms with van der Waals surface area (Å²) >= 11 is 6.15. The van der Waals surface area contributed by atoms with Crippen LogP contribution < -0.4 is 20.1 Å². The van der Waals surface area contributed by atoms with Crippen molar-refractivity contribution in [2.45, 2.75) is 25.2 Å². The molecule has 1 heterocycles. The normalized spacial score (nSPS) is 13.4. The first-order valence-electron chi connectivity index (χ1n) is 9.51. The fourth-order valence-corrected chi connectivity index (χ4v) is 3.39. The second-order valence-electron chi connectivity index (χ2n) is 6.93. The van der Waals surface area contributed by atoms with E-state index in [0.717, 1.165) is 18.4 Å². The lowest BCUT2D eigenvalue weighted by molar-refractivity contribution is 0.262. The van der Waals surface area contributed by atoms with E-state index in [1.165, 1.54) is 20.6 Å². The van der Waals surface area contributed by atoms with Crippen molar-refractivity contribution in [3.63, 3.8) is 0 Å². The summed E-state index contributed by atoms with van der Waals surface area (Å²) < 4.78 is 15.8. The van der Waals surface area contributed by atoms with Crippen molar-refractivity contribution in [1.82, 2.24) is 10.1 Å². The Bertz CT molecular complexity index is 1060. The number of anilines is 2. The number of hydrogen-bond acceptors (Lipinski definition) is 6. The number of hydrogen-bond donors (Lipinski definition) is 2. The van der Waals surface area contributed by atoms with E-state index in [2.05, 4.69) is 20.8 Å². The SMILES string of the molecule is COc1cc(OC)c(NC(=O)Nc2cccc(-c3noc(C4CCC4)n3)c2)cc1Cl. The van der Waals surface area contributed by atoms with Gasteiger partial charge in [0.1, 0.15) is 11.5 Å². The van der Waals surface area contributed by atoms with Gasteiger partial charge in [-0.25, -0.2) is 4.79 Å². The zero-order chi connectivity index (χ0) is 21.1. The minimum absolute atomic E-state index is 0.356. The van der Waals surface area contributed by atoms with E-state index >= 15 is 0 Å². The lowest BCUT2D eigenvalue weighted by atomic mass is 9.85. The Balaban J connectivity index is 1.47. The number of benzene rings is 2. The van der Waals surface area contributed by atoms with Gasteiger partial charge in [0.15, 0.2) is 0 Å². The van der Waals surface area contributed by atoms with E-state index in [1.54, 1.807) is 24.3 Å². The molecule has 0 bridgehead atoms. The van der Waals surface area contributed by atoms with Crippen LogP contribution in [0.3, 0.4) is 0 Å². The highest BCUT2D eigenvalue weighted by atomic mass is 35.5. The molecule has 0 unspecified atom stereocenters. The maximum Gasteiger partial charge on any atom is 0.323 e. The van der Waals surface area contributed by atoms with Crippen LogP contribution in [0.5, 0.6) is 11.5 Å². The Morgan fingerprint density at radius 1 is 1.13 bits per heavy atom. The Morgan fingerprint density at radius 3 is 2.63 bits per heavy atom. The molecule has 3 aromatic rings. The minimum atomic E-state index is -0.449. The second kappa shape index (κ2) is 8.62. The largest absolute Gasteiger partial charge is 0.495 e. The molecule has 9 heteroatoms. The Hall–Kier alpha value is -3.26. The number of methoxy groups -OCH3 is 2. The van der Waals surface area contributed by atoms with Crippen molar-refractivity contribution in [2.75, 3.05) is 24.9 Å². The van der Waals surface area contributed by atoms with Crippen molar-refractivity contribution >= 4 is 29.0 Å². The highest BCUT2D eigenvalue weighted by Gasteiger charge is 2.25. The van der Waals surface area contributed by atoms with Crippen molar-refractivity contribution in [3.8, 4) is 22.9 Å². The summed E-state index contributed by atoms with van der Waals surface area (Å²) in [5.74, 6) is 2.43. The van der Waals surface area contributed by atoms with Crippen LogP contribution in [0.4, 0.5) is 16.2 Å². The standard InChI is InChI=1S/C21H21ClN4O4/c1-28-17-11-18(29-2)16(10-15(17)22)24-21(27)23-14-8-4-7-13(9-14)19-25-20(30-26-19)12-5-3-6-12/h4,7-12H,3,5-6H2,1-2H3,(H2,23,24,27). The van der Waals surface area contributed by atoms with Crippen molar-refractivity contribution in [2.24, 2.45) is 0 Å². The first-order chi connectivity index (χ1) is 14.6. The third kappa shape index (κ3) is 4.18. The first kappa shape index (κ1) is 20.0. The van der Waals surface area contributed by atoms with Crippen LogP contribution in [0.2, 0.25) is 5.02 Å². The monoisotopic (exact) mass is 428 g/mol. The third-order valence-corrected chi connectivity index (χ3v) is 5.29. The molecule has 4 rings (SSSR count). The number of rotatable bonds is 6. The van der Waals surface area contributed by atoms with Crippen LogP contribution >= 0.6 is 11.6 Å². The van der Waals surface area contributed by atoms with Gasteiger partial charge in [0.05, 0.1) is 24.9 Å². The molecule has 2 N–H and O–H groups in total. The summed E-state index contributed by atoms with van der Waals surface area (Å²) in [6.45, 7) is 0. The summed E-state index contributed by atoms with van der Waals surface area (Å²) in [4.78, 5) is 17.0. The molecular formula is C21H21ClN4O4. The quantitative estimate of drug-likeness (QED) is 0.551. The van der Waals surface area contributed by atoms with Crippen LogP contribution in [-0.4, -0.2) is 30.4 Å². The Labute approximate surface area is 178 Å². The van der Waals surface area contributed by atoms with Gasteiger partial charge in [-0.2, -0.15) is 4.98 Å². The van der Waals surface area contributed by atoms with Gasteiger partial charge in [-0.15, -0.1) is 0 Å². The van der Waals surface area contributed by atoms with Gasteiger partial charge in [-0.05, 0) is 31.0 Å². The number of urea groups is 1. The van der Waals surface area contributed by atoms with Crippen molar-refractivity contribution in [1.29, 1.82) is 0 Å². The van der Waals surface area contributed by atoms with Crippen LogP contribution in [0.1, 0.15) is 31.1 Å². The molecule has 156 valence electrons. The molecule has 2 amide bonds. The molecule has 1 fully saturated rings. The van der Waals surface area contributed by atoms with Gasteiger partial charge >= 0.3 is 6.03 Å². The Morgan fingerprint density at radius 2 is 1.93 bits per heavy atom. The van der Waals surface area contributed by atoms with E-state index in [-0.39, 0.29) is 0 Å². The van der Waals surface area contributed by atoms with Crippen LogP contribution in [0, 0.1) is 0 Å². The molecule has 30 heavy (non-hydrogen) atoms. The van der Waals surface area contributed by atoms with Crippen LogP contribution in [0.15, 0.2) is 40.9 Å². The molecule has 0 atom stereocenters. The maximum atomic E-state index is 12.5. The molecule has 1 saturated carbocycles. The van der Waals surface area contributed by atoms with Gasteiger partial charge in [0.25, 0.3) is 0 Å². The highest BCUT2D eigenvalue weighted by molar-refractivity contribution is 6.32. The minimum Gasteiger partial charge on any atom is -0.495 e. The molecule has 0 aliphatic heterocycles. The molecular weight excluding hydrogens is 408 g/mol. The topological polar surface area (TPSA) is 98.5 Å². The van der Waals surface area contributed by atoms with Gasteiger partial charge in [0, 0.05) is 23.2 Å². The summed E-state index contributed by atoms with van der Waals surface area (Å²) in [6.07, 6.45) is 3.37. The second-order valence-corrected chi connectivity index (χ2v) is 7.34. The fourth-order valence-electron chi connectivity index (χ4n) is 3.15. The molecule has 0 radical (unpaired) electrons. The van der Waals surface area contributed by atoms with Gasteiger partial charge < -0.3 is 24.6 Å². The summed E-state index contributed by atoms with van der Waals surface area (Å²) in [5.41, 5.74) is 1.76. The predicted octanol–water partition coefficient (Wildman–Crippen LogP) is 5.32. The lowest BCUT2D eigenvalue weighted by Gasteiger charge is -2.20. The third-order valence-electron chi connectivity index (χ3n) is 5.00. The smallest absolute Gasteiger partial charge is 0.323 e. The molecule has 1 aromatic heterocycles. The maximum absolute atomic E-state index is 12.5. The van der Waals surface area contributed by atoms with E-state index in [1.807, 2.05) is 12.1 Å². The predicted molar refractivity (Wildman–Crippen MR) is 114 cm³/mol. The van der Waals surface area contributed by atoms with Crippen molar-refractivity contribution < 1.29 is 18.8 Å². The number of carbonyl (C=O) groups is 1. The Kier molecular flexibility index (Phi) is 5.76. The van der Waals surface area contributed by atoms with Gasteiger partial charge in [-0.1, -0.05) is 35.3 Å². The molecule has 8 nitrogen and oxygen atoms in total. The van der Waals surface area contributed by atoms with E-state index < -0.39 is 6.03 Å². The highest BCUT2D eigenvalue weighted by Crippen LogP contribution is 2.37. The fraction of sp³-hybridized carbons (Fsp3) is 0.286. The lowest BCUT2D eigenvalue weighted by Crippen LogP contribution is -2.19. The van der Waals surface area contributed by atoms with E-state index in [0.29, 0.717) is 45.5 Å².